The quantitative estimate of drug-likeness (QED) is 0.926. The molecule has 0 atom stereocenters. The number of carbonyl (C=O) groups is 1. The molecule has 21 heavy (non-hydrogen) atoms. The molecule has 0 aliphatic rings. The Bertz CT molecular complexity index is 655. The summed E-state index contributed by atoms with van der Waals surface area (Å²) in [5.41, 5.74) is 2.81. The fourth-order valence-electron chi connectivity index (χ4n) is 2.21. The molecule has 110 valence electrons. The smallest absolute Gasteiger partial charge is 0.258 e. The van der Waals surface area contributed by atoms with E-state index < -0.39 is 5.82 Å². The van der Waals surface area contributed by atoms with Crippen molar-refractivity contribution in [1.82, 2.24) is 0 Å². The van der Waals surface area contributed by atoms with Crippen LogP contribution in [0, 0.1) is 12.7 Å². The Morgan fingerprint density at radius 1 is 1.24 bits per heavy atom. The molecule has 2 aromatic rings. The highest BCUT2D eigenvalue weighted by atomic mass is 19.1. The average molecular weight is 286 g/mol. The van der Waals surface area contributed by atoms with Gasteiger partial charge in [-0.25, -0.2) is 4.39 Å². The molecule has 2 aromatic carbocycles. The number of aryl methyl sites for hydroxylation is 1. The van der Waals surface area contributed by atoms with Crippen LogP contribution in [0.25, 0.3) is 0 Å². The van der Waals surface area contributed by atoms with E-state index in [0.29, 0.717) is 5.56 Å². The Balaban J connectivity index is 2.28. The van der Waals surface area contributed by atoms with Crippen LogP contribution in [0.4, 0.5) is 15.8 Å². The van der Waals surface area contributed by atoms with E-state index in [2.05, 4.69) is 5.32 Å². The van der Waals surface area contributed by atoms with Crippen molar-refractivity contribution in [2.45, 2.75) is 13.8 Å². The Hall–Kier alpha value is -2.36. The van der Waals surface area contributed by atoms with E-state index in [1.165, 1.54) is 11.0 Å². The first kappa shape index (κ1) is 15.0. The molecule has 0 bridgehead atoms. The van der Waals surface area contributed by atoms with Crippen molar-refractivity contribution < 1.29 is 9.18 Å². The molecule has 0 saturated carbocycles. The van der Waals surface area contributed by atoms with Crippen LogP contribution in [0.1, 0.15) is 22.8 Å². The van der Waals surface area contributed by atoms with Gasteiger partial charge >= 0.3 is 0 Å². The Labute approximate surface area is 124 Å². The fourth-order valence-corrected chi connectivity index (χ4v) is 2.21. The molecular weight excluding hydrogens is 267 g/mol. The summed E-state index contributed by atoms with van der Waals surface area (Å²) in [7, 11) is 1.58. The first-order chi connectivity index (χ1) is 10.0. The van der Waals surface area contributed by atoms with Gasteiger partial charge in [-0.15, -0.1) is 0 Å². The minimum absolute atomic E-state index is 0.230. The van der Waals surface area contributed by atoms with Gasteiger partial charge in [-0.05, 0) is 49.7 Å². The lowest BCUT2D eigenvalue weighted by molar-refractivity contribution is 0.0992. The predicted molar refractivity (Wildman–Crippen MR) is 84.5 cm³/mol. The summed E-state index contributed by atoms with van der Waals surface area (Å²) in [5.74, 6) is -0.638. The van der Waals surface area contributed by atoms with E-state index >= 15 is 0 Å². The number of nitrogens with zero attached hydrogens (tertiary/aromatic N) is 1. The maximum Gasteiger partial charge on any atom is 0.258 e. The summed E-state index contributed by atoms with van der Waals surface area (Å²) in [4.78, 5) is 13.8. The van der Waals surface area contributed by atoms with E-state index in [9.17, 15) is 9.18 Å². The van der Waals surface area contributed by atoms with Gasteiger partial charge in [0.15, 0.2) is 0 Å². The lowest BCUT2D eigenvalue weighted by Crippen LogP contribution is -2.27. The molecule has 0 aliphatic heterocycles. The number of hydrogen-bond acceptors (Lipinski definition) is 2. The molecule has 0 unspecified atom stereocenters. The van der Waals surface area contributed by atoms with Crippen molar-refractivity contribution in [2.24, 2.45) is 0 Å². The molecule has 0 aromatic heterocycles. The van der Waals surface area contributed by atoms with Gasteiger partial charge in [-0.2, -0.15) is 0 Å². The lowest BCUT2D eigenvalue weighted by atomic mass is 10.1. The fraction of sp³-hybridized carbons (Fsp3) is 0.235. The van der Waals surface area contributed by atoms with Crippen LogP contribution in [0.2, 0.25) is 0 Å². The van der Waals surface area contributed by atoms with Gasteiger partial charge in [0.2, 0.25) is 0 Å². The molecule has 1 N–H and O–H groups in total. The van der Waals surface area contributed by atoms with Crippen LogP contribution < -0.4 is 10.2 Å². The highest BCUT2D eigenvalue weighted by Gasteiger charge is 2.16. The number of amides is 1. The third-order valence-corrected chi connectivity index (χ3v) is 3.36. The third kappa shape index (κ3) is 3.21. The highest BCUT2D eigenvalue weighted by molar-refractivity contribution is 6.06. The van der Waals surface area contributed by atoms with E-state index in [0.717, 1.165) is 17.8 Å². The first-order valence-corrected chi connectivity index (χ1v) is 6.91. The van der Waals surface area contributed by atoms with Crippen molar-refractivity contribution >= 4 is 17.3 Å². The molecule has 0 saturated heterocycles. The molecule has 3 nitrogen and oxygen atoms in total. The molecule has 4 heteroatoms. The number of anilines is 2. The largest absolute Gasteiger partial charge is 0.385 e. The van der Waals surface area contributed by atoms with Crippen LogP contribution in [0.3, 0.4) is 0 Å². The summed E-state index contributed by atoms with van der Waals surface area (Å²) in [6.45, 7) is 4.78. The van der Waals surface area contributed by atoms with Crippen LogP contribution in [-0.2, 0) is 0 Å². The van der Waals surface area contributed by atoms with Gasteiger partial charge < -0.3 is 10.2 Å². The molecular formula is C17H19FN2O. The Morgan fingerprint density at radius 2 is 1.95 bits per heavy atom. The Kier molecular flexibility index (Phi) is 4.58. The number of rotatable bonds is 4. The maximum atomic E-state index is 13.8. The molecule has 0 heterocycles. The van der Waals surface area contributed by atoms with Crippen LogP contribution >= 0.6 is 0 Å². The number of hydrogen-bond donors (Lipinski definition) is 1. The summed E-state index contributed by atoms with van der Waals surface area (Å²) in [5, 5.41) is 3.23. The number of halogens is 1. The zero-order chi connectivity index (χ0) is 15.4. The SMILES string of the molecule is CCNc1ccc(C(=O)N(C)c2ccccc2F)cc1C. The van der Waals surface area contributed by atoms with Crippen molar-refractivity contribution in [3.05, 3.63) is 59.4 Å². The van der Waals surface area contributed by atoms with Gasteiger partial charge in [0.25, 0.3) is 5.91 Å². The molecule has 0 spiro atoms. The summed E-state index contributed by atoms with van der Waals surface area (Å²) in [6, 6.07) is 11.7. The average Bonchev–Trinajstić information content (AvgIpc) is 2.48. The van der Waals surface area contributed by atoms with Crippen molar-refractivity contribution in [3.63, 3.8) is 0 Å². The zero-order valence-electron chi connectivity index (χ0n) is 12.5. The van der Waals surface area contributed by atoms with Gasteiger partial charge in [-0.1, -0.05) is 12.1 Å². The normalized spacial score (nSPS) is 10.3. The topological polar surface area (TPSA) is 32.3 Å². The second-order valence-electron chi connectivity index (χ2n) is 4.88. The number of para-hydroxylation sites is 1. The second kappa shape index (κ2) is 6.39. The predicted octanol–water partition coefficient (Wildman–Crippen LogP) is 3.84. The molecule has 2 rings (SSSR count). The van der Waals surface area contributed by atoms with Crippen LogP contribution in [0.5, 0.6) is 0 Å². The molecule has 0 fully saturated rings. The van der Waals surface area contributed by atoms with E-state index in [1.54, 1.807) is 31.3 Å². The maximum absolute atomic E-state index is 13.8. The second-order valence-corrected chi connectivity index (χ2v) is 4.88. The van der Waals surface area contributed by atoms with Crippen molar-refractivity contribution in [2.75, 3.05) is 23.8 Å². The van der Waals surface area contributed by atoms with E-state index in [1.807, 2.05) is 26.0 Å². The number of carbonyl (C=O) groups excluding carboxylic acids is 1. The molecule has 0 radical (unpaired) electrons. The first-order valence-electron chi connectivity index (χ1n) is 6.91. The third-order valence-electron chi connectivity index (χ3n) is 3.36. The van der Waals surface area contributed by atoms with Gasteiger partial charge in [-0.3, -0.25) is 4.79 Å². The number of nitrogens with one attached hydrogen (secondary N) is 1. The zero-order valence-corrected chi connectivity index (χ0v) is 12.5. The van der Waals surface area contributed by atoms with E-state index in [-0.39, 0.29) is 11.6 Å². The highest BCUT2D eigenvalue weighted by Crippen LogP contribution is 2.22. The Morgan fingerprint density at radius 3 is 2.57 bits per heavy atom. The van der Waals surface area contributed by atoms with Gasteiger partial charge in [0.05, 0.1) is 5.69 Å². The minimum Gasteiger partial charge on any atom is -0.385 e. The van der Waals surface area contributed by atoms with Crippen LogP contribution in [-0.4, -0.2) is 19.5 Å². The summed E-state index contributed by atoms with van der Waals surface area (Å²) in [6.07, 6.45) is 0. The van der Waals surface area contributed by atoms with E-state index in [4.69, 9.17) is 0 Å². The van der Waals surface area contributed by atoms with Crippen molar-refractivity contribution in [3.8, 4) is 0 Å². The summed E-state index contributed by atoms with van der Waals surface area (Å²) >= 11 is 0. The standard InChI is InChI=1S/C17H19FN2O/c1-4-19-15-10-9-13(11-12(15)2)17(21)20(3)16-8-6-5-7-14(16)18/h5-11,19H,4H2,1-3H3. The summed E-state index contributed by atoms with van der Waals surface area (Å²) < 4.78 is 13.8. The molecule has 1 amide bonds. The van der Waals surface area contributed by atoms with Crippen molar-refractivity contribution in [1.29, 1.82) is 0 Å². The lowest BCUT2D eigenvalue weighted by Gasteiger charge is -2.19. The van der Waals surface area contributed by atoms with Crippen LogP contribution in [0.15, 0.2) is 42.5 Å². The minimum atomic E-state index is -0.408. The molecule has 0 aliphatic carbocycles. The number of benzene rings is 2. The monoisotopic (exact) mass is 286 g/mol. The van der Waals surface area contributed by atoms with Gasteiger partial charge in [0, 0.05) is 24.8 Å². The van der Waals surface area contributed by atoms with Gasteiger partial charge in [0.1, 0.15) is 5.82 Å².